The molecule has 0 aromatic heterocycles. The van der Waals surface area contributed by atoms with E-state index in [0.29, 0.717) is 55.0 Å². The summed E-state index contributed by atoms with van der Waals surface area (Å²) in [6.07, 6.45) is 8.92. The second kappa shape index (κ2) is 21.6. The van der Waals surface area contributed by atoms with Crippen molar-refractivity contribution in [3.05, 3.63) is 83.4 Å². The zero-order valence-corrected chi connectivity index (χ0v) is 27.6. The predicted molar refractivity (Wildman–Crippen MR) is 175 cm³/mol. The van der Waals surface area contributed by atoms with Crippen LogP contribution < -0.4 is 9.47 Å². The van der Waals surface area contributed by atoms with Crippen LogP contribution in [-0.2, 0) is 25.6 Å². The molecule has 48 heavy (non-hydrogen) atoms. The molecule has 13 heteroatoms. The van der Waals surface area contributed by atoms with Gasteiger partial charge in [0.1, 0.15) is 24.2 Å². The highest BCUT2D eigenvalue weighted by Gasteiger charge is 2.39. The molecule has 0 aliphatic heterocycles. The molecule has 0 amide bonds. The fourth-order valence-corrected chi connectivity index (χ4v) is 5.45. The summed E-state index contributed by atoms with van der Waals surface area (Å²) < 4.78 is 16.2. The lowest BCUT2D eigenvalue weighted by Gasteiger charge is -2.19. The molecule has 0 spiro atoms. The fourth-order valence-electron chi connectivity index (χ4n) is 5.27. The standard InChI is InChI=1S/C35H46ClNO11/c36-26-8-7-9-29(22-26)46-24-27(38)15-18-31-30(32(39)23-33(31)40)10-3-1-2-4-12-35(42)48-28-16-13-25(14-17-28)19-21-45-34(41)11-5-6-20-47-37(43)44/h1,3,7-9,13-18,22,27,30-33,38-40,43-44H,2,4-6,10-12,19-21,23-24H2/b3-1-,18-15+/t27-,30-,31-,32+,33-/m1/s1. The molecule has 0 heterocycles. The number of nitrogens with zero attached hydrogens (tertiary/aromatic N) is 1. The summed E-state index contributed by atoms with van der Waals surface area (Å²) in [6.45, 7) is 0.314. The van der Waals surface area contributed by atoms with Gasteiger partial charge in [0, 0.05) is 36.6 Å². The molecule has 0 radical (unpaired) electrons. The van der Waals surface area contributed by atoms with Gasteiger partial charge in [0.15, 0.2) is 0 Å². The molecule has 12 nitrogen and oxygen atoms in total. The molecule has 264 valence electrons. The molecule has 0 unspecified atom stereocenters. The monoisotopic (exact) mass is 691 g/mol. The average Bonchev–Trinajstić information content (AvgIpc) is 3.32. The molecule has 1 aliphatic carbocycles. The van der Waals surface area contributed by atoms with Gasteiger partial charge in [-0.25, -0.2) is 0 Å². The predicted octanol–water partition coefficient (Wildman–Crippen LogP) is 4.98. The van der Waals surface area contributed by atoms with Gasteiger partial charge in [-0.1, -0.05) is 54.1 Å². The van der Waals surface area contributed by atoms with Gasteiger partial charge in [-0.05, 0) is 73.9 Å². The van der Waals surface area contributed by atoms with E-state index in [1.54, 1.807) is 60.7 Å². The zero-order chi connectivity index (χ0) is 34.7. The van der Waals surface area contributed by atoms with Crippen LogP contribution in [0.2, 0.25) is 5.02 Å². The third-order valence-electron chi connectivity index (χ3n) is 7.81. The van der Waals surface area contributed by atoms with Crippen LogP contribution in [0, 0.1) is 11.8 Å². The molecular weight excluding hydrogens is 646 g/mol. The number of allylic oxidation sites excluding steroid dienone is 2. The highest BCUT2D eigenvalue weighted by atomic mass is 35.5. The van der Waals surface area contributed by atoms with Gasteiger partial charge < -0.3 is 29.5 Å². The van der Waals surface area contributed by atoms with E-state index in [4.69, 9.17) is 36.2 Å². The number of benzene rings is 2. The van der Waals surface area contributed by atoms with Crippen molar-refractivity contribution in [2.24, 2.45) is 11.8 Å². The summed E-state index contributed by atoms with van der Waals surface area (Å²) in [5.74, 6) is -0.236. The molecule has 5 N–H and O–H groups in total. The quantitative estimate of drug-likeness (QED) is 0.0391. The number of aliphatic hydroxyl groups excluding tert-OH is 3. The van der Waals surface area contributed by atoms with E-state index < -0.39 is 18.3 Å². The van der Waals surface area contributed by atoms with E-state index in [2.05, 4.69) is 4.84 Å². The molecule has 0 bridgehead atoms. The van der Waals surface area contributed by atoms with E-state index in [9.17, 15) is 24.9 Å². The van der Waals surface area contributed by atoms with Gasteiger partial charge in [0.2, 0.25) is 0 Å². The Balaban J connectivity index is 1.29. The van der Waals surface area contributed by atoms with Gasteiger partial charge in [0.25, 0.3) is 0 Å². The second-order valence-corrected chi connectivity index (χ2v) is 12.0. The minimum Gasteiger partial charge on any atom is -0.491 e. The number of halogens is 1. The van der Waals surface area contributed by atoms with Gasteiger partial charge in [-0.3, -0.25) is 24.8 Å². The van der Waals surface area contributed by atoms with Crippen molar-refractivity contribution in [3.8, 4) is 11.5 Å². The normalized spacial score (nSPS) is 20.1. The van der Waals surface area contributed by atoms with Crippen LogP contribution >= 0.6 is 11.6 Å². The first kappa shape index (κ1) is 39.1. The Hall–Kier alpha value is -3.33. The summed E-state index contributed by atoms with van der Waals surface area (Å²) in [6, 6.07) is 13.9. The maximum absolute atomic E-state index is 12.3. The van der Waals surface area contributed by atoms with Crippen LogP contribution in [-0.4, -0.2) is 81.2 Å². The van der Waals surface area contributed by atoms with Crippen LogP contribution in [0.15, 0.2) is 72.8 Å². The summed E-state index contributed by atoms with van der Waals surface area (Å²) in [5.41, 5.74) is 0.920. The average molecular weight is 692 g/mol. The summed E-state index contributed by atoms with van der Waals surface area (Å²) in [7, 11) is 0. The molecule has 2 aromatic rings. The molecule has 2 aromatic carbocycles. The van der Waals surface area contributed by atoms with Crippen molar-refractivity contribution >= 4 is 23.5 Å². The molecule has 1 fully saturated rings. The van der Waals surface area contributed by atoms with E-state index in [1.165, 1.54) is 0 Å². The SMILES string of the molecule is O=C(CCCCON(O)O)OCCc1ccc(OC(=O)CCC/C=C\C[C@@H]2[C@@H](/C=C/[C@@H](O)COc3cccc(Cl)c3)[C@H](O)C[C@@H]2O)cc1. The first-order chi connectivity index (χ1) is 23.1. The Morgan fingerprint density at radius 2 is 1.71 bits per heavy atom. The van der Waals surface area contributed by atoms with Gasteiger partial charge in [-0.2, -0.15) is 0 Å². The van der Waals surface area contributed by atoms with Crippen molar-refractivity contribution in [1.82, 2.24) is 5.39 Å². The van der Waals surface area contributed by atoms with E-state index in [0.717, 1.165) is 5.56 Å². The van der Waals surface area contributed by atoms with Crippen molar-refractivity contribution in [1.29, 1.82) is 0 Å². The second-order valence-electron chi connectivity index (χ2n) is 11.6. The number of hydrogen-bond acceptors (Lipinski definition) is 12. The van der Waals surface area contributed by atoms with Crippen molar-refractivity contribution in [3.63, 3.8) is 0 Å². The zero-order valence-electron chi connectivity index (χ0n) is 26.8. The Labute approximate surface area is 285 Å². The molecule has 3 rings (SSSR count). The number of hydrogen-bond donors (Lipinski definition) is 5. The summed E-state index contributed by atoms with van der Waals surface area (Å²) in [4.78, 5) is 28.5. The largest absolute Gasteiger partial charge is 0.491 e. The van der Waals surface area contributed by atoms with Crippen LogP contribution in [0.1, 0.15) is 56.9 Å². The first-order valence-electron chi connectivity index (χ1n) is 16.1. The summed E-state index contributed by atoms with van der Waals surface area (Å²) >= 11 is 5.95. The van der Waals surface area contributed by atoms with Crippen LogP contribution in [0.3, 0.4) is 0 Å². The van der Waals surface area contributed by atoms with E-state index in [1.807, 2.05) is 12.2 Å². The maximum atomic E-state index is 12.3. The molecular formula is C35H46ClNO11. The van der Waals surface area contributed by atoms with Crippen LogP contribution in [0.4, 0.5) is 0 Å². The van der Waals surface area contributed by atoms with Crippen molar-refractivity contribution < 1.29 is 54.4 Å². The number of esters is 2. The highest BCUT2D eigenvalue weighted by molar-refractivity contribution is 6.30. The number of aliphatic hydroxyl groups is 3. The Kier molecular flexibility index (Phi) is 17.6. The van der Waals surface area contributed by atoms with Gasteiger partial charge in [0.05, 0.1) is 30.8 Å². The Bertz CT molecular complexity index is 1300. The van der Waals surface area contributed by atoms with Crippen LogP contribution in [0.5, 0.6) is 11.5 Å². The number of unbranched alkanes of at least 4 members (excludes halogenated alkanes) is 2. The Morgan fingerprint density at radius 1 is 0.938 bits per heavy atom. The van der Waals surface area contributed by atoms with E-state index in [-0.39, 0.29) is 68.2 Å². The molecule has 1 saturated carbocycles. The lowest BCUT2D eigenvalue weighted by molar-refractivity contribution is -0.492. The molecule has 1 aliphatic rings. The number of carbonyl (C=O) groups is 2. The molecule has 0 saturated heterocycles. The van der Waals surface area contributed by atoms with Gasteiger partial charge in [-0.15, -0.1) is 0 Å². The lowest BCUT2D eigenvalue weighted by Crippen LogP contribution is -2.21. The topological polar surface area (TPSA) is 175 Å². The van der Waals surface area contributed by atoms with Crippen molar-refractivity contribution in [2.75, 3.05) is 19.8 Å². The smallest absolute Gasteiger partial charge is 0.311 e. The number of rotatable bonds is 21. The minimum absolute atomic E-state index is 0.0267. The third-order valence-corrected chi connectivity index (χ3v) is 8.04. The minimum atomic E-state index is -0.891. The number of ether oxygens (including phenoxy) is 3. The number of carbonyl (C=O) groups excluding carboxylic acids is 2. The summed E-state index contributed by atoms with van der Waals surface area (Å²) in [5, 5.41) is 48.3. The van der Waals surface area contributed by atoms with E-state index >= 15 is 0 Å². The maximum Gasteiger partial charge on any atom is 0.311 e. The fraction of sp³-hybridized carbons (Fsp3) is 0.486. The first-order valence-corrected chi connectivity index (χ1v) is 16.5. The van der Waals surface area contributed by atoms with Gasteiger partial charge >= 0.3 is 11.9 Å². The van der Waals surface area contributed by atoms with Crippen LogP contribution in [0.25, 0.3) is 0 Å². The Morgan fingerprint density at radius 3 is 2.46 bits per heavy atom. The third kappa shape index (κ3) is 15.3. The lowest BCUT2D eigenvalue weighted by atomic mass is 9.89. The highest BCUT2D eigenvalue weighted by Crippen LogP contribution is 2.36. The molecule has 5 atom stereocenters. The van der Waals surface area contributed by atoms with Crippen molar-refractivity contribution in [2.45, 2.75) is 76.1 Å².